The minimum atomic E-state index is 0.481. The molecule has 3 N–H and O–H groups in total. The zero-order chi connectivity index (χ0) is 13.3. The van der Waals surface area contributed by atoms with Crippen molar-refractivity contribution in [1.29, 1.82) is 0 Å². The summed E-state index contributed by atoms with van der Waals surface area (Å²) in [6, 6.07) is 4.02. The lowest BCUT2D eigenvalue weighted by Crippen LogP contribution is -2.25. The van der Waals surface area contributed by atoms with Crippen LogP contribution in [0.2, 0.25) is 10.0 Å². The molecule has 3 unspecified atom stereocenters. The molecule has 0 aliphatic heterocycles. The van der Waals surface area contributed by atoms with E-state index in [-0.39, 0.29) is 0 Å². The summed E-state index contributed by atoms with van der Waals surface area (Å²) in [6.07, 6.45) is 3.73. The summed E-state index contributed by atoms with van der Waals surface area (Å²) in [5.74, 6) is 1.48. The predicted octanol–water partition coefficient (Wildman–Crippen LogP) is 4.81. The van der Waals surface area contributed by atoms with Crippen LogP contribution in [0, 0.1) is 11.8 Å². The molecule has 1 aromatic carbocycles. The van der Waals surface area contributed by atoms with Crippen LogP contribution in [0.3, 0.4) is 0 Å². The average Bonchev–Trinajstić information content (AvgIpc) is 2.67. The van der Waals surface area contributed by atoms with Crippen LogP contribution in [-0.2, 0) is 0 Å². The molecule has 1 aromatic rings. The summed E-state index contributed by atoms with van der Waals surface area (Å²) in [5, 5.41) is 4.58. The van der Waals surface area contributed by atoms with Crippen LogP contribution in [0.25, 0.3) is 0 Å². The van der Waals surface area contributed by atoms with Crippen molar-refractivity contribution < 1.29 is 0 Å². The molecule has 1 fully saturated rings. The molecule has 1 aliphatic rings. The fraction of sp³-hybridized carbons (Fsp3) is 0.571. The molecule has 3 atom stereocenters. The molecule has 0 amide bonds. The van der Waals surface area contributed by atoms with E-state index in [0.29, 0.717) is 27.7 Å². The van der Waals surface area contributed by atoms with Crippen molar-refractivity contribution in [3.63, 3.8) is 0 Å². The molecule has 18 heavy (non-hydrogen) atoms. The van der Waals surface area contributed by atoms with Gasteiger partial charge >= 0.3 is 0 Å². The number of hydrogen-bond acceptors (Lipinski definition) is 2. The third kappa shape index (κ3) is 2.70. The Morgan fingerprint density at radius 3 is 2.56 bits per heavy atom. The normalized spacial score (nSPS) is 27.4. The standard InChI is InChI=1S/C14H20Cl2N2/c1-3-9-4-5-13(8(9)2)18-14-7-11(16)10(15)6-12(14)17/h6-9,13,18H,3-5,17H2,1-2H3. The van der Waals surface area contributed by atoms with Crippen molar-refractivity contribution in [2.45, 2.75) is 39.2 Å². The summed E-state index contributed by atoms with van der Waals surface area (Å²) >= 11 is 12.0. The van der Waals surface area contributed by atoms with E-state index in [4.69, 9.17) is 28.9 Å². The minimum Gasteiger partial charge on any atom is -0.397 e. The van der Waals surface area contributed by atoms with Gasteiger partial charge in [0.2, 0.25) is 0 Å². The lowest BCUT2D eigenvalue weighted by Gasteiger charge is -2.23. The topological polar surface area (TPSA) is 38.0 Å². The molecule has 2 nitrogen and oxygen atoms in total. The zero-order valence-corrected chi connectivity index (χ0v) is 12.4. The van der Waals surface area contributed by atoms with Crippen LogP contribution in [-0.4, -0.2) is 6.04 Å². The second kappa shape index (κ2) is 5.58. The molecule has 4 heteroatoms. The molecule has 0 aromatic heterocycles. The van der Waals surface area contributed by atoms with Gasteiger partial charge in [-0.2, -0.15) is 0 Å². The third-order valence-electron chi connectivity index (χ3n) is 4.18. The van der Waals surface area contributed by atoms with Gasteiger partial charge in [-0.25, -0.2) is 0 Å². The number of anilines is 2. The van der Waals surface area contributed by atoms with Crippen LogP contribution in [0.4, 0.5) is 11.4 Å². The number of halogens is 2. The number of nitrogens with two attached hydrogens (primary N) is 1. The summed E-state index contributed by atoms with van der Waals surface area (Å²) < 4.78 is 0. The zero-order valence-electron chi connectivity index (χ0n) is 10.8. The fourth-order valence-electron chi connectivity index (χ4n) is 2.91. The molecule has 0 radical (unpaired) electrons. The maximum Gasteiger partial charge on any atom is 0.0614 e. The van der Waals surface area contributed by atoms with Gasteiger partial charge in [0.1, 0.15) is 0 Å². The number of nitrogen functional groups attached to an aromatic ring is 1. The molecule has 1 saturated carbocycles. The van der Waals surface area contributed by atoms with Crippen LogP contribution < -0.4 is 11.1 Å². The first-order chi connectivity index (χ1) is 8.52. The van der Waals surface area contributed by atoms with Crippen molar-refractivity contribution in [2.24, 2.45) is 11.8 Å². The number of benzene rings is 1. The second-order valence-electron chi connectivity index (χ2n) is 5.21. The average molecular weight is 287 g/mol. The molecule has 2 rings (SSSR count). The summed E-state index contributed by atoms with van der Waals surface area (Å²) in [4.78, 5) is 0. The first-order valence-electron chi connectivity index (χ1n) is 6.54. The smallest absolute Gasteiger partial charge is 0.0614 e. The first kappa shape index (κ1) is 13.8. The van der Waals surface area contributed by atoms with E-state index in [2.05, 4.69) is 19.2 Å². The quantitative estimate of drug-likeness (QED) is 0.783. The van der Waals surface area contributed by atoms with Crippen molar-refractivity contribution in [2.75, 3.05) is 11.1 Å². The number of nitrogens with one attached hydrogen (secondary N) is 1. The highest BCUT2D eigenvalue weighted by Crippen LogP contribution is 2.38. The van der Waals surface area contributed by atoms with Crippen LogP contribution in [0.1, 0.15) is 33.1 Å². The highest BCUT2D eigenvalue weighted by Gasteiger charge is 2.31. The van der Waals surface area contributed by atoms with E-state index < -0.39 is 0 Å². The molecule has 0 heterocycles. The highest BCUT2D eigenvalue weighted by atomic mass is 35.5. The maximum atomic E-state index is 6.04. The Morgan fingerprint density at radius 1 is 1.28 bits per heavy atom. The van der Waals surface area contributed by atoms with Gasteiger partial charge in [0.15, 0.2) is 0 Å². The highest BCUT2D eigenvalue weighted by molar-refractivity contribution is 6.42. The van der Waals surface area contributed by atoms with Gasteiger partial charge in [0.25, 0.3) is 0 Å². The van der Waals surface area contributed by atoms with Gasteiger partial charge in [-0.1, -0.05) is 43.5 Å². The molecule has 0 bridgehead atoms. The SMILES string of the molecule is CCC1CCC(Nc2cc(Cl)c(Cl)cc2N)C1C. The largest absolute Gasteiger partial charge is 0.397 e. The number of rotatable bonds is 3. The molecular weight excluding hydrogens is 267 g/mol. The molecule has 0 saturated heterocycles. The Balaban J connectivity index is 2.13. The van der Waals surface area contributed by atoms with Crippen molar-refractivity contribution in [1.82, 2.24) is 0 Å². The fourth-order valence-corrected chi connectivity index (χ4v) is 3.25. The van der Waals surface area contributed by atoms with Gasteiger partial charge in [-0.15, -0.1) is 0 Å². The Morgan fingerprint density at radius 2 is 1.94 bits per heavy atom. The Labute approximate surface area is 119 Å². The van der Waals surface area contributed by atoms with Crippen molar-refractivity contribution in [3.8, 4) is 0 Å². The molecule has 100 valence electrons. The predicted molar refractivity (Wildman–Crippen MR) is 80.5 cm³/mol. The lowest BCUT2D eigenvalue weighted by atomic mass is 9.93. The Kier molecular flexibility index (Phi) is 4.29. The molecule has 0 spiro atoms. The minimum absolute atomic E-state index is 0.481. The van der Waals surface area contributed by atoms with E-state index >= 15 is 0 Å². The van der Waals surface area contributed by atoms with E-state index in [0.717, 1.165) is 11.6 Å². The summed E-state index contributed by atoms with van der Waals surface area (Å²) in [6.45, 7) is 4.57. The van der Waals surface area contributed by atoms with Gasteiger partial charge in [-0.3, -0.25) is 0 Å². The second-order valence-corrected chi connectivity index (χ2v) is 6.02. The van der Waals surface area contributed by atoms with Gasteiger partial charge in [-0.05, 0) is 36.8 Å². The van der Waals surface area contributed by atoms with Crippen LogP contribution in [0.5, 0.6) is 0 Å². The van der Waals surface area contributed by atoms with Crippen molar-refractivity contribution in [3.05, 3.63) is 22.2 Å². The van der Waals surface area contributed by atoms with Crippen LogP contribution >= 0.6 is 23.2 Å². The van der Waals surface area contributed by atoms with Crippen LogP contribution in [0.15, 0.2) is 12.1 Å². The summed E-state index contributed by atoms with van der Waals surface area (Å²) in [7, 11) is 0. The Bertz CT molecular complexity index is 434. The summed E-state index contributed by atoms with van der Waals surface area (Å²) in [5.41, 5.74) is 7.54. The number of hydrogen-bond donors (Lipinski definition) is 2. The maximum absolute atomic E-state index is 6.04. The van der Waals surface area contributed by atoms with Crippen molar-refractivity contribution >= 4 is 34.6 Å². The Hall–Kier alpha value is -0.600. The van der Waals surface area contributed by atoms with E-state index in [1.54, 1.807) is 6.07 Å². The van der Waals surface area contributed by atoms with Gasteiger partial charge in [0.05, 0.1) is 21.4 Å². The van der Waals surface area contributed by atoms with E-state index in [9.17, 15) is 0 Å². The van der Waals surface area contributed by atoms with Gasteiger partial charge < -0.3 is 11.1 Å². The third-order valence-corrected chi connectivity index (χ3v) is 4.91. The molecule has 1 aliphatic carbocycles. The van der Waals surface area contributed by atoms with Gasteiger partial charge in [0, 0.05) is 6.04 Å². The molecular formula is C14H20Cl2N2. The van der Waals surface area contributed by atoms with E-state index in [1.807, 2.05) is 6.07 Å². The first-order valence-corrected chi connectivity index (χ1v) is 7.29. The van der Waals surface area contributed by atoms with E-state index in [1.165, 1.54) is 19.3 Å². The monoisotopic (exact) mass is 286 g/mol. The lowest BCUT2D eigenvalue weighted by molar-refractivity contribution is 0.392.